The second kappa shape index (κ2) is 9.29. The third kappa shape index (κ3) is 9.65. The van der Waals surface area contributed by atoms with E-state index < -0.39 is 36.0 Å². The van der Waals surface area contributed by atoms with Crippen LogP contribution < -0.4 is 4.74 Å². The van der Waals surface area contributed by atoms with Gasteiger partial charge in [-0.25, -0.2) is 14.4 Å². The summed E-state index contributed by atoms with van der Waals surface area (Å²) < 4.78 is 15.4. The molecule has 1 rings (SSSR count). The van der Waals surface area contributed by atoms with E-state index in [0.29, 0.717) is 11.3 Å². The zero-order valence-corrected chi connectivity index (χ0v) is 17.0. The number of carboxylic acids is 1. The largest absolute Gasteiger partial charge is 0.534 e. The summed E-state index contributed by atoms with van der Waals surface area (Å²) >= 11 is 0. The van der Waals surface area contributed by atoms with Gasteiger partial charge in [-0.2, -0.15) is 0 Å². The fraction of sp³-hybridized carbons (Fsp3) is 0.526. The number of aliphatic carboxylic acids is 1. The fourth-order valence-corrected chi connectivity index (χ4v) is 1.81. The van der Waals surface area contributed by atoms with Crippen LogP contribution in [-0.4, -0.2) is 46.2 Å². The van der Waals surface area contributed by atoms with Gasteiger partial charge in [0.25, 0.3) is 0 Å². The van der Waals surface area contributed by atoms with E-state index in [1.807, 2.05) is 0 Å². The first-order valence-electron chi connectivity index (χ1n) is 8.60. The molecule has 9 nitrogen and oxygen atoms in total. The molecule has 0 bridgehead atoms. The van der Waals surface area contributed by atoms with Gasteiger partial charge < -0.3 is 19.3 Å². The summed E-state index contributed by atoms with van der Waals surface area (Å²) in [7, 11) is 0. The summed E-state index contributed by atoms with van der Waals surface area (Å²) in [6.45, 7) is 9.49. The highest BCUT2D eigenvalue weighted by Gasteiger charge is 2.28. The predicted octanol–water partition coefficient (Wildman–Crippen LogP) is 3.75. The molecule has 0 heterocycles. The number of carbonyl (C=O) groups excluding carboxylic acids is 2. The van der Waals surface area contributed by atoms with Gasteiger partial charge in [0.1, 0.15) is 17.0 Å². The highest BCUT2D eigenvalue weighted by Crippen LogP contribution is 2.18. The number of carbonyl (C=O) groups is 3. The van der Waals surface area contributed by atoms with Gasteiger partial charge >= 0.3 is 18.2 Å². The van der Waals surface area contributed by atoms with Crippen molar-refractivity contribution >= 4 is 18.2 Å². The van der Waals surface area contributed by atoms with E-state index in [-0.39, 0.29) is 6.54 Å². The zero-order valence-electron chi connectivity index (χ0n) is 17.0. The Labute approximate surface area is 164 Å². The summed E-state index contributed by atoms with van der Waals surface area (Å²) in [5, 5.41) is 9.38. The third-order valence-electron chi connectivity index (χ3n) is 2.78. The molecule has 1 amide bonds. The lowest BCUT2D eigenvalue weighted by molar-refractivity contribution is -0.140. The highest BCUT2D eigenvalue weighted by atomic mass is 16.8. The molecule has 28 heavy (non-hydrogen) atoms. The predicted molar refractivity (Wildman–Crippen MR) is 98.7 cm³/mol. The lowest BCUT2D eigenvalue weighted by Crippen LogP contribution is -2.39. The molecule has 0 saturated heterocycles. The second-order valence-electron chi connectivity index (χ2n) is 7.90. The first kappa shape index (κ1) is 23.1. The van der Waals surface area contributed by atoms with Crippen LogP contribution in [0, 0.1) is 0 Å². The minimum absolute atomic E-state index is 0.104. The number of benzene rings is 1. The Morgan fingerprint density at radius 3 is 1.93 bits per heavy atom. The number of amides is 1. The Bertz CT molecular complexity index is 685. The van der Waals surface area contributed by atoms with E-state index in [1.54, 1.807) is 65.8 Å². The molecule has 0 aliphatic carbocycles. The van der Waals surface area contributed by atoms with Gasteiger partial charge in [-0.1, -0.05) is 12.1 Å². The monoisotopic (exact) mass is 397 g/mol. The average molecular weight is 397 g/mol. The lowest BCUT2D eigenvalue weighted by Gasteiger charge is -2.27. The van der Waals surface area contributed by atoms with Crippen molar-refractivity contribution in [2.24, 2.45) is 0 Å². The van der Waals surface area contributed by atoms with Crippen molar-refractivity contribution in [2.45, 2.75) is 59.3 Å². The zero-order chi connectivity index (χ0) is 21.5. The van der Waals surface area contributed by atoms with Crippen molar-refractivity contribution in [3.8, 4) is 5.75 Å². The van der Waals surface area contributed by atoms with E-state index >= 15 is 0 Å². The van der Waals surface area contributed by atoms with Crippen molar-refractivity contribution in [2.75, 3.05) is 6.61 Å². The summed E-state index contributed by atoms with van der Waals surface area (Å²) in [6.07, 6.45) is -1.90. The summed E-state index contributed by atoms with van der Waals surface area (Å²) in [4.78, 5) is 39.9. The molecule has 0 atom stereocenters. The maximum Gasteiger partial charge on any atom is 0.534 e. The van der Waals surface area contributed by atoms with Gasteiger partial charge in [0.15, 0.2) is 6.61 Å². The molecule has 0 radical (unpaired) electrons. The van der Waals surface area contributed by atoms with E-state index in [4.69, 9.17) is 24.2 Å². The molecule has 9 heteroatoms. The van der Waals surface area contributed by atoms with E-state index in [0.717, 1.165) is 5.06 Å². The lowest BCUT2D eigenvalue weighted by atomic mass is 10.2. The SMILES string of the molecule is CC(C)(C)OC(=O)ON(Cc1ccc(OCC(=O)O)cc1)C(=O)OC(C)(C)C. The van der Waals surface area contributed by atoms with Crippen LogP contribution in [0.25, 0.3) is 0 Å². The Kier molecular flexibility index (Phi) is 7.66. The van der Waals surface area contributed by atoms with Crippen LogP contribution in [0.3, 0.4) is 0 Å². The fourth-order valence-electron chi connectivity index (χ4n) is 1.81. The first-order chi connectivity index (χ1) is 12.7. The molecule has 0 aromatic heterocycles. The van der Waals surface area contributed by atoms with Gasteiger partial charge in [-0.3, -0.25) is 4.84 Å². The molecule has 1 aromatic rings. The topological polar surface area (TPSA) is 112 Å². The summed E-state index contributed by atoms with van der Waals surface area (Å²) in [5.41, 5.74) is -0.988. The van der Waals surface area contributed by atoms with Crippen LogP contribution in [-0.2, 0) is 25.7 Å². The standard InChI is InChI=1S/C19H27NO8/c1-18(2,3)26-16(23)20(28-17(24)27-19(4,5)6)11-13-7-9-14(10-8-13)25-12-15(21)22/h7-10H,11-12H2,1-6H3,(H,21,22). The number of nitrogens with zero attached hydrogens (tertiary/aromatic N) is 1. The third-order valence-corrected chi connectivity index (χ3v) is 2.78. The van der Waals surface area contributed by atoms with Crippen molar-refractivity contribution in [3.05, 3.63) is 29.8 Å². The van der Waals surface area contributed by atoms with Gasteiger partial charge in [0, 0.05) is 0 Å². The van der Waals surface area contributed by atoms with Crippen molar-refractivity contribution in [3.63, 3.8) is 0 Å². The highest BCUT2D eigenvalue weighted by molar-refractivity contribution is 5.70. The summed E-state index contributed by atoms with van der Waals surface area (Å²) in [5.74, 6) is -0.742. The van der Waals surface area contributed by atoms with Crippen molar-refractivity contribution in [1.29, 1.82) is 0 Å². The van der Waals surface area contributed by atoms with Gasteiger partial charge in [0.2, 0.25) is 0 Å². The maximum absolute atomic E-state index is 12.4. The maximum atomic E-state index is 12.4. The van der Waals surface area contributed by atoms with Gasteiger partial charge in [0.05, 0.1) is 6.54 Å². The molecule has 0 fully saturated rings. The molecule has 156 valence electrons. The van der Waals surface area contributed by atoms with Crippen LogP contribution >= 0.6 is 0 Å². The number of hydrogen-bond acceptors (Lipinski definition) is 7. The molecular weight excluding hydrogens is 370 g/mol. The molecular formula is C19H27NO8. The number of hydroxylamine groups is 2. The van der Waals surface area contributed by atoms with E-state index in [2.05, 4.69) is 0 Å². The normalized spacial score (nSPS) is 11.4. The number of rotatable bonds is 5. The van der Waals surface area contributed by atoms with Crippen molar-refractivity contribution in [1.82, 2.24) is 5.06 Å². The van der Waals surface area contributed by atoms with Crippen LogP contribution in [0.2, 0.25) is 0 Å². The summed E-state index contributed by atoms with van der Waals surface area (Å²) in [6, 6.07) is 6.29. The number of carboxylic acid groups (broad SMARTS) is 1. The van der Waals surface area contributed by atoms with E-state index in [1.165, 1.54) is 0 Å². The van der Waals surface area contributed by atoms with Crippen molar-refractivity contribution < 1.29 is 38.5 Å². The minimum Gasteiger partial charge on any atom is -0.482 e. The smallest absolute Gasteiger partial charge is 0.482 e. The molecule has 1 aromatic carbocycles. The molecule has 0 aliphatic heterocycles. The minimum atomic E-state index is -1.09. The quantitative estimate of drug-likeness (QED) is 0.590. The molecule has 0 aliphatic rings. The van der Waals surface area contributed by atoms with Gasteiger partial charge in [-0.15, -0.1) is 5.06 Å². The Morgan fingerprint density at radius 2 is 1.46 bits per heavy atom. The second-order valence-corrected chi connectivity index (χ2v) is 7.90. The molecule has 0 spiro atoms. The Hall–Kier alpha value is -2.97. The molecule has 1 N–H and O–H groups in total. The van der Waals surface area contributed by atoms with Crippen LogP contribution in [0.15, 0.2) is 24.3 Å². The van der Waals surface area contributed by atoms with Crippen LogP contribution in [0.5, 0.6) is 5.75 Å². The van der Waals surface area contributed by atoms with Gasteiger partial charge in [-0.05, 0) is 59.2 Å². The average Bonchev–Trinajstić information content (AvgIpc) is 2.50. The number of hydrogen-bond donors (Lipinski definition) is 1. The first-order valence-corrected chi connectivity index (χ1v) is 8.60. The number of ether oxygens (including phenoxy) is 3. The van der Waals surface area contributed by atoms with Crippen LogP contribution in [0.4, 0.5) is 9.59 Å². The molecule has 0 unspecified atom stereocenters. The Balaban J connectivity index is 2.87. The molecule has 0 saturated carbocycles. The van der Waals surface area contributed by atoms with E-state index in [9.17, 15) is 14.4 Å². The van der Waals surface area contributed by atoms with Crippen LogP contribution in [0.1, 0.15) is 47.1 Å². The Morgan fingerprint density at radius 1 is 0.929 bits per heavy atom.